The summed E-state index contributed by atoms with van der Waals surface area (Å²) >= 11 is 1.75. The standard InChI is InChI=1S/C18H24N2O3S/c1-13-17(14(2)23-19-13)12-18(21)20(15-6-9-22-10-7-15)8-5-16-4-3-11-24-16/h3-4,11,15H,5-10,12H2,1-2H3. The quantitative estimate of drug-likeness (QED) is 0.805. The van der Waals surface area contributed by atoms with Crippen molar-refractivity contribution in [3.05, 3.63) is 39.4 Å². The van der Waals surface area contributed by atoms with Crippen molar-refractivity contribution in [1.29, 1.82) is 0 Å². The predicted molar refractivity (Wildman–Crippen MR) is 93.3 cm³/mol. The van der Waals surface area contributed by atoms with Crippen molar-refractivity contribution >= 4 is 17.2 Å². The highest BCUT2D eigenvalue weighted by Gasteiger charge is 2.27. The zero-order valence-electron chi connectivity index (χ0n) is 14.3. The minimum atomic E-state index is 0.160. The summed E-state index contributed by atoms with van der Waals surface area (Å²) in [7, 11) is 0. The van der Waals surface area contributed by atoms with Gasteiger partial charge in [0, 0.05) is 36.2 Å². The van der Waals surface area contributed by atoms with E-state index in [1.54, 1.807) is 11.3 Å². The molecule has 0 unspecified atom stereocenters. The highest BCUT2D eigenvalue weighted by Crippen LogP contribution is 2.20. The molecule has 0 bridgehead atoms. The van der Waals surface area contributed by atoms with Crippen LogP contribution in [0.4, 0.5) is 0 Å². The van der Waals surface area contributed by atoms with Gasteiger partial charge in [0.05, 0.1) is 12.1 Å². The van der Waals surface area contributed by atoms with E-state index in [-0.39, 0.29) is 11.9 Å². The highest BCUT2D eigenvalue weighted by molar-refractivity contribution is 7.09. The normalized spacial score (nSPS) is 15.6. The van der Waals surface area contributed by atoms with Gasteiger partial charge in [-0.05, 0) is 44.6 Å². The molecular formula is C18H24N2O3S. The number of carbonyl (C=O) groups excluding carboxylic acids is 1. The molecule has 3 heterocycles. The number of hydrogen-bond donors (Lipinski definition) is 0. The van der Waals surface area contributed by atoms with Crippen molar-refractivity contribution in [3.63, 3.8) is 0 Å². The van der Waals surface area contributed by atoms with Crippen molar-refractivity contribution in [3.8, 4) is 0 Å². The van der Waals surface area contributed by atoms with Gasteiger partial charge in [0.2, 0.25) is 5.91 Å². The number of amides is 1. The molecule has 24 heavy (non-hydrogen) atoms. The molecular weight excluding hydrogens is 324 g/mol. The first-order valence-electron chi connectivity index (χ1n) is 8.46. The lowest BCUT2D eigenvalue weighted by Gasteiger charge is -2.34. The molecule has 0 atom stereocenters. The third kappa shape index (κ3) is 4.05. The molecule has 0 radical (unpaired) electrons. The van der Waals surface area contributed by atoms with Gasteiger partial charge >= 0.3 is 0 Å². The summed E-state index contributed by atoms with van der Waals surface area (Å²) in [5.74, 6) is 0.902. The summed E-state index contributed by atoms with van der Waals surface area (Å²) in [5, 5.41) is 6.05. The van der Waals surface area contributed by atoms with Crippen molar-refractivity contribution in [2.75, 3.05) is 19.8 Å². The van der Waals surface area contributed by atoms with Gasteiger partial charge in [0.1, 0.15) is 5.76 Å². The Morgan fingerprint density at radius 3 is 2.79 bits per heavy atom. The number of ether oxygens (including phenoxy) is 1. The molecule has 1 aliphatic rings. The van der Waals surface area contributed by atoms with Crippen molar-refractivity contribution in [2.45, 2.75) is 45.6 Å². The van der Waals surface area contributed by atoms with Crippen LogP contribution in [0.15, 0.2) is 22.0 Å². The highest BCUT2D eigenvalue weighted by atomic mass is 32.1. The molecule has 1 aliphatic heterocycles. The first kappa shape index (κ1) is 17.2. The Bertz CT molecular complexity index is 640. The second-order valence-corrected chi connectivity index (χ2v) is 7.27. The molecule has 0 aliphatic carbocycles. The van der Waals surface area contributed by atoms with Crippen LogP contribution in [0.1, 0.15) is 34.7 Å². The number of nitrogens with zero attached hydrogens (tertiary/aromatic N) is 2. The van der Waals surface area contributed by atoms with Gasteiger partial charge in [-0.25, -0.2) is 0 Å². The summed E-state index contributed by atoms with van der Waals surface area (Å²) < 4.78 is 10.7. The topological polar surface area (TPSA) is 55.6 Å². The van der Waals surface area contributed by atoms with E-state index in [0.29, 0.717) is 6.42 Å². The molecule has 3 rings (SSSR count). The Kier molecular flexibility index (Phi) is 5.68. The van der Waals surface area contributed by atoms with Crippen LogP contribution in [-0.2, 0) is 22.4 Å². The molecule has 0 saturated carbocycles. The predicted octanol–water partition coefficient (Wildman–Crippen LogP) is 3.15. The Morgan fingerprint density at radius 1 is 1.38 bits per heavy atom. The Hall–Kier alpha value is -1.66. The van der Waals surface area contributed by atoms with Gasteiger partial charge in [0.25, 0.3) is 0 Å². The zero-order chi connectivity index (χ0) is 16.9. The molecule has 1 saturated heterocycles. The van der Waals surface area contributed by atoms with Crippen molar-refractivity contribution < 1.29 is 14.1 Å². The summed E-state index contributed by atoms with van der Waals surface area (Å²) in [5.41, 5.74) is 1.74. The van der Waals surface area contributed by atoms with Crippen molar-refractivity contribution in [1.82, 2.24) is 10.1 Å². The molecule has 0 aromatic carbocycles. The average Bonchev–Trinajstić information content (AvgIpc) is 3.21. The van der Waals surface area contributed by atoms with E-state index in [2.05, 4.69) is 22.7 Å². The van der Waals surface area contributed by atoms with Crippen LogP contribution in [-0.4, -0.2) is 41.8 Å². The lowest BCUT2D eigenvalue weighted by molar-refractivity contribution is -0.134. The second-order valence-electron chi connectivity index (χ2n) is 6.24. The lowest BCUT2D eigenvalue weighted by Crippen LogP contribution is -2.45. The van der Waals surface area contributed by atoms with E-state index in [1.807, 2.05) is 18.7 Å². The van der Waals surface area contributed by atoms with Gasteiger partial charge in [-0.1, -0.05) is 11.2 Å². The van der Waals surface area contributed by atoms with Gasteiger partial charge in [-0.2, -0.15) is 0 Å². The first-order chi connectivity index (χ1) is 11.6. The molecule has 6 heteroatoms. The maximum Gasteiger partial charge on any atom is 0.227 e. The minimum absolute atomic E-state index is 0.160. The maximum atomic E-state index is 13.0. The van der Waals surface area contributed by atoms with Crippen LogP contribution < -0.4 is 0 Å². The van der Waals surface area contributed by atoms with Crippen molar-refractivity contribution in [2.24, 2.45) is 0 Å². The monoisotopic (exact) mass is 348 g/mol. The summed E-state index contributed by atoms with van der Waals surface area (Å²) in [4.78, 5) is 16.4. The van der Waals surface area contributed by atoms with E-state index < -0.39 is 0 Å². The third-order valence-electron chi connectivity index (χ3n) is 4.64. The third-order valence-corrected chi connectivity index (χ3v) is 5.58. The molecule has 0 spiro atoms. The van der Waals surface area contributed by atoms with Crippen LogP contribution in [0.25, 0.3) is 0 Å². The van der Waals surface area contributed by atoms with E-state index in [0.717, 1.165) is 56.0 Å². The number of hydrogen-bond acceptors (Lipinski definition) is 5. The Labute approximate surface area is 146 Å². The summed E-state index contributed by atoms with van der Waals surface area (Å²) in [6.07, 6.45) is 3.10. The fourth-order valence-corrected chi connectivity index (χ4v) is 3.90. The van der Waals surface area contributed by atoms with E-state index in [4.69, 9.17) is 9.26 Å². The first-order valence-corrected chi connectivity index (χ1v) is 9.34. The number of carbonyl (C=O) groups is 1. The smallest absolute Gasteiger partial charge is 0.227 e. The lowest BCUT2D eigenvalue weighted by atomic mass is 10.0. The van der Waals surface area contributed by atoms with Crippen LogP contribution in [0, 0.1) is 13.8 Å². The maximum absolute atomic E-state index is 13.0. The fraction of sp³-hybridized carbons (Fsp3) is 0.556. The minimum Gasteiger partial charge on any atom is -0.381 e. The van der Waals surface area contributed by atoms with Gasteiger partial charge in [-0.3, -0.25) is 4.79 Å². The average molecular weight is 348 g/mol. The second kappa shape index (κ2) is 7.94. The number of aryl methyl sites for hydroxylation is 2. The summed E-state index contributed by atoms with van der Waals surface area (Å²) in [6, 6.07) is 4.46. The van der Waals surface area contributed by atoms with E-state index in [1.165, 1.54) is 4.88 Å². The van der Waals surface area contributed by atoms with Gasteiger partial charge < -0.3 is 14.2 Å². The Morgan fingerprint density at radius 2 is 2.17 bits per heavy atom. The zero-order valence-corrected chi connectivity index (χ0v) is 15.1. The van der Waals surface area contributed by atoms with Gasteiger partial charge in [0.15, 0.2) is 0 Å². The van der Waals surface area contributed by atoms with E-state index >= 15 is 0 Å². The van der Waals surface area contributed by atoms with E-state index in [9.17, 15) is 4.79 Å². The Balaban J connectivity index is 1.71. The molecule has 130 valence electrons. The SMILES string of the molecule is Cc1noc(C)c1CC(=O)N(CCc1cccs1)C1CCOCC1. The molecule has 0 N–H and O–H groups in total. The molecule has 2 aromatic rings. The van der Waals surface area contributed by atoms with Gasteiger partial charge in [-0.15, -0.1) is 11.3 Å². The number of aromatic nitrogens is 1. The van der Waals surface area contributed by atoms with Crippen LogP contribution in [0.5, 0.6) is 0 Å². The number of rotatable bonds is 6. The molecule has 2 aromatic heterocycles. The molecule has 5 nitrogen and oxygen atoms in total. The summed E-state index contributed by atoms with van der Waals surface area (Å²) in [6.45, 7) is 5.99. The van der Waals surface area contributed by atoms with Crippen LogP contribution in [0.3, 0.4) is 0 Å². The molecule has 1 amide bonds. The van der Waals surface area contributed by atoms with Crippen LogP contribution in [0.2, 0.25) is 0 Å². The molecule has 1 fully saturated rings. The number of thiophene rings is 1. The van der Waals surface area contributed by atoms with Crippen LogP contribution >= 0.6 is 11.3 Å². The fourth-order valence-electron chi connectivity index (χ4n) is 3.20. The largest absolute Gasteiger partial charge is 0.381 e.